The molecule has 0 heterocycles. The van der Waals surface area contributed by atoms with Gasteiger partial charge in [-0.15, -0.1) is 0 Å². The first-order valence-electron chi connectivity index (χ1n) is 6.28. The highest BCUT2D eigenvalue weighted by molar-refractivity contribution is 6.34. The molecule has 5 heteroatoms. The summed E-state index contributed by atoms with van der Waals surface area (Å²) in [4.78, 5) is 23.0. The van der Waals surface area contributed by atoms with Gasteiger partial charge in [-0.1, -0.05) is 23.7 Å². The smallest absolute Gasteiger partial charge is 0.306 e. The highest BCUT2D eigenvalue weighted by Crippen LogP contribution is 2.33. The Morgan fingerprint density at radius 2 is 2.00 bits per heavy atom. The lowest BCUT2D eigenvalue weighted by Gasteiger charge is -2.12. The summed E-state index contributed by atoms with van der Waals surface area (Å²) in [7, 11) is 0. The standard InChI is InChI=1S/C14H16ClNO3/c1-8-3-2-4-11(12(8)15)16-13(17)9-5-6-10(7-9)14(18)19/h2-4,9-10H,5-7H2,1H3,(H,16,17)(H,18,19). The number of anilines is 1. The van der Waals surface area contributed by atoms with Crippen LogP contribution in [-0.4, -0.2) is 17.0 Å². The van der Waals surface area contributed by atoms with Crippen LogP contribution in [0.5, 0.6) is 0 Å². The predicted molar refractivity (Wildman–Crippen MR) is 73.3 cm³/mol. The summed E-state index contributed by atoms with van der Waals surface area (Å²) in [5.74, 6) is -1.60. The van der Waals surface area contributed by atoms with Crippen LogP contribution in [0.1, 0.15) is 24.8 Å². The lowest BCUT2D eigenvalue weighted by molar-refractivity contribution is -0.141. The molecule has 0 spiro atoms. The van der Waals surface area contributed by atoms with Gasteiger partial charge in [-0.2, -0.15) is 0 Å². The molecule has 1 fully saturated rings. The number of aliphatic carboxylic acids is 1. The molecule has 1 saturated carbocycles. The number of nitrogens with one attached hydrogen (secondary N) is 1. The molecular formula is C14H16ClNO3. The SMILES string of the molecule is Cc1cccc(NC(=O)C2CCC(C(=O)O)C2)c1Cl. The Hall–Kier alpha value is -1.55. The second-order valence-corrected chi connectivity index (χ2v) is 5.35. The Bertz CT molecular complexity index is 515. The van der Waals surface area contributed by atoms with Crippen LogP contribution in [0.25, 0.3) is 0 Å². The summed E-state index contributed by atoms with van der Waals surface area (Å²) in [6.45, 7) is 1.87. The van der Waals surface area contributed by atoms with E-state index in [2.05, 4.69) is 5.32 Å². The van der Waals surface area contributed by atoms with Gasteiger partial charge in [-0.25, -0.2) is 0 Å². The number of amides is 1. The Kier molecular flexibility index (Phi) is 4.10. The Morgan fingerprint density at radius 3 is 2.63 bits per heavy atom. The second-order valence-electron chi connectivity index (χ2n) is 4.97. The van der Waals surface area contributed by atoms with Gasteiger partial charge in [0.15, 0.2) is 0 Å². The molecule has 0 aromatic heterocycles. The maximum absolute atomic E-state index is 12.1. The first-order chi connectivity index (χ1) is 8.99. The van der Waals surface area contributed by atoms with Crippen molar-refractivity contribution in [1.29, 1.82) is 0 Å². The number of aryl methyl sites for hydroxylation is 1. The van der Waals surface area contributed by atoms with E-state index in [1.165, 1.54) is 0 Å². The molecule has 0 saturated heterocycles. The van der Waals surface area contributed by atoms with Crippen LogP contribution in [0.4, 0.5) is 5.69 Å². The van der Waals surface area contributed by atoms with Crippen LogP contribution >= 0.6 is 11.6 Å². The number of rotatable bonds is 3. The van der Waals surface area contributed by atoms with Crippen LogP contribution in [0.15, 0.2) is 18.2 Å². The summed E-state index contributed by atoms with van der Waals surface area (Å²) >= 11 is 6.11. The van der Waals surface area contributed by atoms with Gasteiger partial charge in [0.25, 0.3) is 0 Å². The summed E-state index contributed by atoms with van der Waals surface area (Å²) in [6, 6.07) is 5.44. The van der Waals surface area contributed by atoms with Crippen LogP contribution < -0.4 is 5.32 Å². The van der Waals surface area contributed by atoms with E-state index in [9.17, 15) is 9.59 Å². The zero-order chi connectivity index (χ0) is 14.0. The molecule has 1 aliphatic carbocycles. The van der Waals surface area contributed by atoms with Crippen LogP contribution in [0.2, 0.25) is 5.02 Å². The van der Waals surface area contributed by atoms with Crippen molar-refractivity contribution in [3.8, 4) is 0 Å². The predicted octanol–water partition coefficient (Wildman–Crippen LogP) is 3.09. The number of hydrogen-bond acceptors (Lipinski definition) is 2. The number of carbonyl (C=O) groups is 2. The number of carbonyl (C=O) groups excluding carboxylic acids is 1. The second kappa shape index (κ2) is 5.61. The molecule has 2 rings (SSSR count). The van der Waals surface area contributed by atoms with Crippen LogP contribution in [0.3, 0.4) is 0 Å². The molecule has 1 amide bonds. The molecule has 2 unspecified atom stereocenters. The number of hydrogen-bond donors (Lipinski definition) is 2. The van der Waals surface area contributed by atoms with E-state index in [0.29, 0.717) is 30.0 Å². The van der Waals surface area contributed by atoms with E-state index < -0.39 is 11.9 Å². The molecule has 102 valence electrons. The van der Waals surface area contributed by atoms with Crippen molar-refractivity contribution in [3.63, 3.8) is 0 Å². The van der Waals surface area contributed by atoms with E-state index in [-0.39, 0.29) is 11.8 Å². The van der Waals surface area contributed by atoms with Gasteiger partial charge in [0.05, 0.1) is 16.6 Å². The highest BCUT2D eigenvalue weighted by atomic mass is 35.5. The first-order valence-corrected chi connectivity index (χ1v) is 6.65. The fourth-order valence-corrected chi connectivity index (χ4v) is 2.60. The average Bonchev–Trinajstić information content (AvgIpc) is 2.84. The summed E-state index contributed by atoms with van der Waals surface area (Å²) in [5.41, 5.74) is 1.49. The molecule has 1 aromatic rings. The Labute approximate surface area is 116 Å². The van der Waals surface area contributed by atoms with Crippen molar-refractivity contribution in [1.82, 2.24) is 0 Å². The lowest BCUT2D eigenvalue weighted by Crippen LogP contribution is -2.21. The maximum Gasteiger partial charge on any atom is 0.306 e. The minimum Gasteiger partial charge on any atom is -0.481 e. The third kappa shape index (κ3) is 3.07. The maximum atomic E-state index is 12.1. The van der Waals surface area contributed by atoms with E-state index in [0.717, 1.165) is 5.56 Å². The minimum atomic E-state index is -0.816. The summed E-state index contributed by atoms with van der Waals surface area (Å²) in [6.07, 6.45) is 1.59. The largest absolute Gasteiger partial charge is 0.481 e. The molecule has 19 heavy (non-hydrogen) atoms. The molecule has 1 aromatic carbocycles. The van der Waals surface area contributed by atoms with Gasteiger partial charge < -0.3 is 10.4 Å². The number of carboxylic acids is 1. The van der Waals surface area contributed by atoms with Gasteiger partial charge >= 0.3 is 5.97 Å². The zero-order valence-corrected chi connectivity index (χ0v) is 11.4. The van der Waals surface area contributed by atoms with Crippen molar-refractivity contribution >= 4 is 29.2 Å². The number of carboxylic acid groups (broad SMARTS) is 1. The minimum absolute atomic E-state index is 0.142. The topological polar surface area (TPSA) is 66.4 Å². The van der Waals surface area contributed by atoms with Crippen LogP contribution in [-0.2, 0) is 9.59 Å². The quantitative estimate of drug-likeness (QED) is 0.895. The summed E-state index contributed by atoms with van der Waals surface area (Å²) in [5, 5.41) is 12.2. The van der Waals surface area contributed by atoms with E-state index in [4.69, 9.17) is 16.7 Å². The van der Waals surface area contributed by atoms with E-state index >= 15 is 0 Å². The van der Waals surface area contributed by atoms with Crippen LogP contribution in [0, 0.1) is 18.8 Å². The van der Waals surface area contributed by atoms with Gasteiger partial charge in [0, 0.05) is 5.92 Å². The molecule has 2 N–H and O–H groups in total. The van der Waals surface area contributed by atoms with Crippen molar-refractivity contribution in [2.45, 2.75) is 26.2 Å². The molecule has 0 aliphatic heterocycles. The highest BCUT2D eigenvalue weighted by Gasteiger charge is 2.33. The van der Waals surface area contributed by atoms with Crippen molar-refractivity contribution in [3.05, 3.63) is 28.8 Å². The molecule has 2 atom stereocenters. The molecule has 4 nitrogen and oxygen atoms in total. The van der Waals surface area contributed by atoms with E-state index in [1.54, 1.807) is 6.07 Å². The number of benzene rings is 1. The lowest BCUT2D eigenvalue weighted by atomic mass is 10.0. The monoisotopic (exact) mass is 281 g/mol. The third-order valence-corrected chi connectivity index (χ3v) is 4.10. The van der Waals surface area contributed by atoms with Gasteiger partial charge in [-0.05, 0) is 37.8 Å². The normalized spacial score (nSPS) is 22.2. The van der Waals surface area contributed by atoms with Crippen molar-refractivity contribution < 1.29 is 14.7 Å². The van der Waals surface area contributed by atoms with Crippen molar-refractivity contribution in [2.24, 2.45) is 11.8 Å². The van der Waals surface area contributed by atoms with E-state index in [1.807, 2.05) is 19.1 Å². The Balaban J connectivity index is 2.02. The fraction of sp³-hybridized carbons (Fsp3) is 0.429. The fourth-order valence-electron chi connectivity index (χ4n) is 2.42. The zero-order valence-electron chi connectivity index (χ0n) is 10.6. The van der Waals surface area contributed by atoms with Gasteiger partial charge in [-0.3, -0.25) is 9.59 Å². The Morgan fingerprint density at radius 1 is 1.32 bits per heavy atom. The first kappa shape index (κ1) is 13.9. The molecule has 0 radical (unpaired) electrons. The molecule has 0 bridgehead atoms. The molecule has 1 aliphatic rings. The van der Waals surface area contributed by atoms with Gasteiger partial charge in [0.1, 0.15) is 0 Å². The summed E-state index contributed by atoms with van der Waals surface area (Å²) < 4.78 is 0. The molecular weight excluding hydrogens is 266 g/mol. The third-order valence-electron chi connectivity index (χ3n) is 3.60. The number of halogens is 1. The average molecular weight is 282 g/mol. The van der Waals surface area contributed by atoms with Gasteiger partial charge in [0.2, 0.25) is 5.91 Å². The van der Waals surface area contributed by atoms with Crippen molar-refractivity contribution in [2.75, 3.05) is 5.32 Å².